The number of methoxy groups -OCH3 is 1. The highest BCUT2D eigenvalue weighted by atomic mass is 35.5. The van der Waals surface area contributed by atoms with Gasteiger partial charge in [0.05, 0.1) is 23.4 Å². The number of carbonyl (C=O) groups is 1. The van der Waals surface area contributed by atoms with Gasteiger partial charge in [0.25, 0.3) is 0 Å². The third-order valence-electron chi connectivity index (χ3n) is 4.83. The van der Waals surface area contributed by atoms with Crippen LogP contribution in [0.2, 0.25) is 5.02 Å². The van der Waals surface area contributed by atoms with Crippen LogP contribution in [-0.4, -0.2) is 23.8 Å². The van der Waals surface area contributed by atoms with Crippen LogP contribution >= 0.6 is 23.4 Å². The van der Waals surface area contributed by atoms with Gasteiger partial charge in [-0.25, -0.2) is 4.98 Å². The zero-order valence-corrected chi connectivity index (χ0v) is 18.5. The molecule has 0 fully saturated rings. The number of halogens is 1. The van der Waals surface area contributed by atoms with Gasteiger partial charge in [-0.05, 0) is 47.0 Å². The lowest BCUT2D eigenvalue weighted by Crippen LogP contribution is -2.24. The molecule has 3 aromatic carbocycles. The summed E-state index contributed by atoms with van der Waals surface area (Å²) in [6, 6.07) is 25.5. The first-order valence-electron chi connectivity index (χ1n) is 9.80. The SMILES string of the molecule is COc1ccc2c(-c3ccccc3)cc(SCC(=O)NCc3ccc(Cl)cc3)nc2c1. The smallest absolute Gasteiger partial charge is 0.230 e. The minimum Gasteiger partial charge on any atom is -0.497 e. The molecule has 1 aromatic heterocycles. The second-order valence-electron chi connectivity index (χ2n) is 6.95. The molecule has 156 valence electrons. The van der Waals surface area contributed by atoms with Gasteiger partial charge in [-0.2, -0.15) is 0 Å². The van der Waals surface area contributed by atoms with Crippen LogP contribution < -0.4 is 10.1 Å². The zero-order chi connectivity index (χ0) is 21.6. The van der Waals surface area contributed by atoms with E-state index in [4.69, 9.17) is 21.3 Å². The monoisotopic (exact) mass is 448 g/mol. The van der Waals surface area contributed by atoms with E-state index in [1.54, 1.807) is 7.11 Å². The molecule has 31 heavy (non-hydrogen) atoms. The molecule has 6 heteroatoms. The summed E-state index contributed by atoms with van der Waals surface area (Å²) in [5, 5.41) is 5.46. The van der Waals surface area contributed by atoms with Crippen LogP contribution in [0.1, 0.15) is 5.56 Å². The van der Waals surface area contributed by atoms with Crippen molar-refractivity contribution in [3.8, 4) is 16.9 Å². The molecule has 0 bridgehead atoms. The Balaban J connectivity index is 1.52. The predicted molar refractivity (Wildman–Crippen MR) is 128 cm³/mol. The van der Waals surface area contributed by atoms with Crippen LogP contribution in [0.5, 0.6) is 5.75 Å². The van der Waals surface area contributed by atoms with Gasteiger partial charge in [0.1, 0.15) is 5.75 Å². The molecule has 1 amide bonds. The highest BCUT2D eigenvalue weighted by Gasteiger charge is 2.11. The van der Waals surface area contributed by atoms with Crippen molar-refractivity contribution in [1.82, 2.24) is 10.3 Å². The van der Waals surface area contributed by atoms with Crippen molar-refractivity contribution in [3.63, 3.8) is 0 Å². The molecule has 0 saturated heterocycles. The minimum atomic E-state index is -0.0475. The number of thioether (sulfide) groups is 1. The lowest BCUT2D eigenvalue weighted by atomic mass is 10.0. The van der Waals surface area contributed by atoms with Gasteiger partial charge in [-0.1, -0.05) is 65.8 Å². The van der Waals surface area contributed by atoms with Crippen molar-refractivity contribution in [2.24, 2.45) is 0 Å². The minimum absolute atomic E-state index is 0.0475. The quantitative estimate of drug-likeness (QED) is 0.354. The van der Waals surface area contributed by atoms with E-state index in [9.17, 15) is 4.79 Å². The largest absolute Gasteiger partial charge is 0.497 e. The summed E-state index contributed by atoms with van der Waals surface area (Å²) in [5.74, 6) is 0.986. The summed E-state index contributed by atoms with van der Waals surface area (Å²) < 4.78 is 5.37. The third-order valence-corrected chi connectivity index (χ3v) is 6.00. The van der Waals surface area contributed by atoms with Crippen LogP contribution in [0.25, 0.3) is 22.0 Å². The van der Waals surface area contributed by atoms with Crippen LogP contribution in [-0.2, 0) is 11.3 Å². The summed E-state index contributed by atoms with van der Waals surface area (Å²) in [6.45, 7) is 0.466. The van der Waals surface area contributed by atoms with E-state index in [-0.39, 0.29) is 11.7 Å². The van der Waals surface area contributed by atoms with Gasteiger partial charge in [0, 0.05) is 23.0 Å². The second-order valence-corrected chi connectivity index (χ2v) is 8.38. The number of nitrogens with zero attached hydrogens (tertiary/aromatic N) is 1. The standard InChI is InChI=1S/C25H21ClN2O2S/c1-30-20-11-12-21-22(18-5-3-2-4-6-18)14-25(28-23(21)13-20)31-16-24(29)27-15-17-7-9-19(26)10-8-17/h2-14H,15-16H2,1H3,(H,27,29). The van der Waals surface area contributed by atoms with Crippen molar-refractivity contribution in [2.75, 3.05) is 12.9 Å². The lowest BCUT2D eigenvalue weighted by molar-refractivity contribution is -0.118. The van der Waals surface area contributed by atoms with Crippen LogP contribution in [0.4, 0.5) is 0 Å². The van der Waals surface area contributed by atoms with Crippen molar-refractivity contribution in [1.29, 1.82) is 0 Å². The van der Waals surface area contributed by atoms with E-state index in [0.29, 0.717) is 11.6 Å². The number of aromatic nitrogens is 1. The second kappa shape index (κ2) is 9.86. The average molecular weight is 449 g/mol. The Kier molecular flexibility index (Phi) is 6.75. The highest BCUT2D eigenvalue weighted by molar-refractivity contribution is 7.99. The zero-order valence-electron chi connectivity index (χ0n) is 17.0. The number of ether oxygens (including phenoxy) is 1. The topological polar surface area (TPSA) is 51.2 Å². The fraction of sp³-hybridized carbons (Fsp3) is 0.120. The predicted octanol–water partition coefficient (Wildman–Crippen LogP) is 5.97. The van der Waals surface area contributed by atoms with Crippen molar-refractivity contribution >= 4 is 40.2 Å². The fourth-order valence-corrected chi connectivity index (χ4v) is 4.11. The van der Waals surface area contributed by atoms with E-state index < -0.39 is 0 Å². The number of carbonyl (C=O) groups excluding carboxylic acids is 1. The molecule has 0 saturated carbocycles. The van der Waals surface area contributed by atoms with Crippen molar-refractivity contribution < 1.29 is 9.53 Å². The third kappa shape index (κ3) is 5.37. The Morgan fingerprint density at radius 3 is 2.55 bits per heavy atom. The lowest BCUT2D eigenvalue weighted by Gasteiger charge is -2.11. The average Bonchev–Trinajstić information content (AvgIpc) is 2.82. The summed E-state index contributed by atoms with van der Waals surface area (Å²) in [6.07, 6.45) is 0. The summed E-state index contributed by atoms with van der Waals surface area (Å²) in [7, 11) is 1.64. The Bertz CT molecular complexity index is 1200. The van der Waals surface area contributed by atoms with Gasteiger partial charge in [-0.3, -0.25) is 4.79 Å². The van der Waals surface area contributed by atoms with E-state index in [2.05, 4.69) is 17.4 Å². The Morgan fingerprint density at radius 2 is 1.81 bits per heavy atom. The summed E-state index contributed by atoms with van der Waals surface area (Å²) >= 11 is 7.32. The number of pyridine rings is 1. The maximum Gasteiger partial charge on any atom is 0.230 e. The molecule has 4 aromatic rings. The molecule has 1 N–H and O–H groups in total. The molecule has 0 aliphatic rings. The van der Waals surface area contributed by atoms with Gasteiger partial charge in [0.2, 0.25) is 5.91 Å². The first kappa shape index (κ1) is 21.2. The van der Waals surface area contributed by atoms with Gasteiger partial charge < -0.3 is 10.1 Å². The molecular weight excluding hydrogens is 428 g/mol. The van der Waals surface area contributed by atoms with Crippen LogP contribution in [0.3, 0.4) is 0 Å². The molecule has 0 spiro atoms. The number of benzene rings is 3. The Labute approximate surface area is 190 Å². The molecule has 0 aliphatic carbocycles. The number of hydrogen-bond acceptors (Lipinski definition) is 4. The number of rotatable bonds is 7. The maximum atomic E-state index is 12.4. The van der Waals surface area contributed by atoms with E-state index in [1.807, 2.05) is 66.7 Å². The number of fused-ring (bicyclic) bond motifs is 1. The molecule has 0 atom stereocenters. The first-order chi connectivity index (χ1) is 15.1. The summed E-state index contributed by atoms with van der Waals surface area (Å²) in [4.78, 5) is 17.1. The Morgan fingerprint density at radius 1 is 1.03 bits per heavy atom. The fourth-order valence-electron chi connectivity index (χ4n) is 3.23. The molecule has 0 aliphatic heterocycles. The molecule has 4 rings (SSSR count). The number of hydrogen-bond donors (Lipinski definition) is 1. The van der Waals surface area contributed by atoms with Gasteiger partial charge in [-0.15, -0.1) is 0 Å². The van der Waals surface area contributed by atoms with Crippen LogP contribution in [0.15, 0.2) is 83.9 Å². The molecule has 0 unspecified atom stereocenters. The Hall–Kier alpha value is -3.02. The molecule has 0 radical (unpaired) electrons. The molecule has 1 heterocycles. The number of amides is 1. The van der Waals surface area contributed by atoms with E-state index >= 15 is 0 Å². The van der Waals surface area contributed by atoms with E-state index in [1.165, 1.54) is 11.8 Å². The van der Waals surface area contributed by atoms with Gasteiger partial charge >= 0.3 is 0 Å². The maximum absolute atomic E-state index is 12.4. The normalized spacial score (nSPS) is 10.8. The van der Waals surface area contributed by atoms with E-state index in [0.717, 1.165) is 38.4 Å². The number of nitrogens with one attached hydrogen (secondary N) is 1. The van der Waals surface area contributed by atoms with Crippen LogP contribution in [0, 0.1) is 0 Å². The molecule has 4 nitrogen and oxygen atoms in total. The van der Waals surface area contributed by atoms with Crippen molar-refractivity contribution in [2.45, 2.75) is 11.6 Å². The molecular formula is C25H21ClN2O2S. The van der Waals surface area contributed by atoms with Crippen molar-refractivity contribution in [3.05, 3.63) is 89.4 Å². The highest BCUT2D eigenvalue weighted by Crippen LogP contribution is 2.33. The summed E-state index contributed by atoms with van der Waals surface area (Å²) in [5.41, 5.74) is 4.03. The first-order valence-corrected chi connectivity index (χ1v) is 11.2. The van der Waals surface area contributed by atoms with Gasteiger partial charge in [0.15, 0.2) is 0 Å².